The standard InChI is InChI=1S/C9H10ClFO2/c1-12-6-13-9-4-7(5-10)2-3-8(9)11/h2-4H,5-6H2,1H3. The second-order valence-corrected chi connectivity index (χ2v) is 2.72. The predicted octanol–water partition coefficient (Wildman–Crippen LogP) is 2.55. The number of hydrogen-bond acceptors (Lipinski definition) is 2. The fourth-order valence-corrected chi connectivity index (χ4v) is 1.03. The van der Waals surface area contributed by atoms with Gasteiger partial charge in [-0.05, 0) is 17.7 Å². The van der Waals surface area contributed by atoms with E-state index in [2.05, 4.69) is 4.74 Å². The van der Waals surface area contributed by atoms with E-state index in [9.17, 15) is 4.39 Å². The molecule has 0 aromatic heterocycles. The van der Waals surface area contributed by atoms with Crippen LogP contribution >= 0.6 is 11.6 Å². The van der Waals surface area contributed by atoms with Gasteiger partial charge in [0.2, 0.25) is 0 Å². The highest BCUT2D eigenvalue weighted by atomic mass is 35.5. The highest BCUT2D eigenvalue weighted by Crippen LogP contribution is 2.19. The first-order valence-corrected chi connectivity index (χ1v) is 4.27. The molecule has 0 heterocycles. The summed E-state index contributed by atoms with van der Waals surface area (Å²) in [4.78, 5) is 0. The van der Waals surface area contributed by atoms with Crippen molar-refractivity contribution in [2.24, 2.45) is 0 Å². The second kappa shape index (κ2) is 5.04. The molecule has 0 unspecified atom stereocenters. The van der Waals surface area contributed by atoms with E-state index < -0.39 is 5.82 Å². The Balaban J connectivity index is 2.78. The molecule has 0 amide bonds. The predicted molar refractivity (Wildman–Crippen MR) is 48.5 cm³/mol. The SMILES string of the molecule is COCOc1cc(CCl)ccc1F. The molecule has 0 aliphatic carbocycles. The maximum Gasteiger partial charge on any atom is 0.188 e. The average Bonchev–Trinajstić information content (AvgIpc) is 2.17. The van der Waals surface area contributed by atoms with Gasteiger partial charge in [0.05, 0.1) is 0 Å². The monoisotopic (exact) mass is 204 g/mol. The highest BCUT2D eigenvalue weighted by molar-refractivity contribution is 6.17. The molecule has 0 aliphatic rings. The summed E-state index contributed by atoms with van der Waals surface area (Å²) in [5.41, 5.74) is 0.814. The zero-order valence-electron chi connectivity index (χ0n) is 7.22. The van der Waals surface area contributed by atoms with E-state index in [1.54, 1.807) is 12.1 Å². The van der Waals surface area contributed by atoms with Gasteiger partial charge in [0.25, 0.3) is 0 Å². The molecule has 0 N–H and O–H groups in total. The van der Waals surface area contributed by atoms with Crippen LogP contribution in [0, 0.1) is 5.82 Å². The van der Waals surface area contributed by atoms with E-state index in [1.807, 2.05) is 0 Å². The maximum atomic E-state index is 13.0. The van der Waals surface area contributed by atoms with Gasteiger partial charge in [0, 0.05) is 13.0 Å². The Hall–Kier alpha value is -0.800. The number of hydrogen-bond donors (Lipinski definition) is 0. The molecule has 0 fully saturated rings. The van der Waals surface area contributed by atoms with Crippen molar-refractivity contribution in [1.29, 1.82) is 0 Å². The lowest BCUT2D eigenvalue weighted by Crippen LogP contribution is -2.01. The molecular formula is C9H10ClFO2. The van der Waals surface area contributed by atoms with Crippen LogP contribution in [0.4, 0.5) is 4.39 Å². The number of rotatable bonds is 4. The lowest BCUT2D eigenvalue weighted by Gasteiger charge is -2.06. The minimum absolute atomic E-state index is 0.0304. The van der Waals surface area contributed by atoms with E-state index in [4.69, 9.17) is 16.3 Å². The third-order valence-electron chi connectivity index (χ3n) is 1.48. The lowest BCUT2D eigenvalue weighted by molar-refractivity contribution is 0.0482. The lowest BCUT2D eigenvalue weighted by atomic mass is 10.2. The number of methoxy groups -OCH3 is 1. The first kappa shape index (κ1) is 10.3. The number of ether oxygens (including phenoxy) is 2. The quantitative estimate of drug-likeness (QED) is 0.554. The topological polar surface area (TPSA) is 18.5 Å². The van der Waals surface area contributed by atoms with Crippen LogP contribution < -0.4 is 4.74 Å². The van der Waals surface area contributed by atoms with E-state index in [-0.39, 0.29) is 12.5 Å². The molecule has 2 nitrogen and oxygen atoms in total. The summed E-state index contributed by atoms with van der Waals surface area (Å²) in [6.45, 7) is 0.0304. The molecule has 0 saturated heterocycles. The summed E-state index contributed by atoms with van der Waals surface area (Å²) in [6, 6.07) is 4.49. The van der Waals surface area contributed by atoms with Crippen LogP contribution in [0.3, 0.4) is 0 Å². The van der Waals surface area contributed by atoms with Crippen molar-refractivity contribution in [1.82, 2.24) is 0 Å². The molecule has 1 aromatic carbocycles. The number of halogens is 2. The van der Waals surface area contributed by atoms with Gasteiger partial charge in [-0.1, -0.05) is 6.07 Å². The third-order valence-corrected chi connectivity index (χ3v) is 1.79. The van der Waals surface area contributed by atoms with E-state index in [0.29, 0.717) is 5.88 Å². The molecule has 1 aromatic rings. The van der Waals surface area contributed by atoms with Crippen molar-refractivity contribution in [3.63, 3.8) is 0 Å². The molecule has 0 atom stereocenters. The Bertz CT molecular complexity index is 278. The molecule has 0 saturated carbocycles. The fourth-order valence-electron chi connectivity index (χ4n) is 0.864. The van der Waals surface area contributed by atoms with Gasteiger partial charge in [-0.15, -0.1) is 11.6 Å². The highest BCUT2D eigenvalue weighted by Gasteiger charge is 2.03. The number of benzene rings is 1. The largest absolute Gasteiger partial charge is 0.464 e. The second-order valence-electron chi connectivity index (χ2n) is 2.45. The minimum atomic E-state index is -0.411. The average molecular weight is 205 g/mol. The third kappa shape index (κ3) is 2.86. The Morgan fingerprint density at radius 2 is 2.23 bits per heavy atom. The zero-order valence-corrected chi connectivity index (χ0v) is 7.97. The van der Waals surface area contributed by atoms with Crippen molar-refractivity contribution in [2.75, 3.05) is 13.9 Å². The van der Waals surface area contributed by atoms with E-state index >= 15 is 0 Å². The van der Waals surface area contributed by atoms with Crippen LogP contribution in [0.1, 0.15) is 5.56 Å². The summed E-state index contributed by atoms with van der Waals surface area (Å²) < 4.78 is 22.6. The van der Waals surface area contributed by atoms with Gasteiger partial charge in [-0.25, -0.2) is 4.39 Å². The Kier molecular flexibility index (Phi) is 3.99. The molecule has 72 valence electrons. The van der Waals surface area contributed by atoms with E-state index in [0.717, 1.165) is 5.56 Å². The van der Waals surface area contributed by atoms with Crippen LogP contribution in [-0.4, -0.2) is 13.9 Å². The minimum Gasteiger partial charge on any atom is -0.464 e. The Morgan fingerprint density at radius 3 is 2.85 bits per heavy atom. The van der Waals surface area contributed by atoms with Crippen molar-refractivity contribution in [2.45, 2.75) is 5.88 Å². The summed E-state index contributed by atoms with van der Waals surface area (Å²) in [5, 5.41) is 0. The summed E-state index contributed by atoms with van der Waals surface area (Å²) >= 11 is 5.58. The molecule has 0 radical (unpaired) electrons. The van der Waals surface area contributed by atoms with Crippen molar-refractivity contribution >= 4 is 11.6 Å². The van der Waals surface area contributed by atoms with Crippen molar-refractivity contribution < 1.29 is 13.9 Å². The van der Waals surface area contributed by atoms with Crippen LogP contribution in [0.2, 0.25) is 0 Å². The van der Waals surface area contributed by atoms with Crippen LogP contribution in [0.25, 0.3) is 0 Å². The van der Waals surface area contributed by atoms with Gasteiger partial charge < -0.3 is 9.47 Å². The maximum absolute atomic E-state index is 13.0. The molecule has 0 bridgehead atoms. The summed E-state index contributed by atoms with van der Waals surface area (Å²) in [7, 11) is 1.48. The van der Waals surface area contributed by atoms with E-state index in [1.165, 1.54) is 13.2 Å². The molecule has 0 aliphatic heterocycles. The van der Waals surface area contributed by atoms with Crippen LogP contribution in [0.5, 0.6) is 5.75 Å². The fraction of sp³-hybridized carbons (Fsp3) is 0.333. The van der Waals surface area contributed by atoms with Crippen molar-refractivity contribution in [3.8, 4) is 5.75 Å². The first-order valence-electron chi connectivity index (χ1n) is 3.74. The molecule has 13 heavy (non-hydrogen) atoms. The van der Waals surface area contributed by atoms with Gasteiger partial charge >= 0.3 is 0 Å². The Labute approximate surface area is 81.2 Å². The van der Waals surface area contributed by atoms with Crippen LogP contribution in [-0.2, 0) is 10.6 Å². The molecule has 1 rings (SSSR count). The van der Waals surface area contributed by atoms with Crippen LogP contribution in [0.15, 0.2) is 18.2 Å². The summed E-state index contributed by atoms with van der Waals surface area (Å²) in [6.07, 6.45) is 0. The van der Waals surface area contributed by atoms with Gasteiger partial charge in [0.15, 0.2) is 18.4 Å². The van der Waals surface area contributed by atoms with Gasteiger partial charge in [-0.2, -0.15) is 0 Å². The van der Waals surface area contributed by atoms with Crippen molar-refractivity contribution in [3.05, 3.63) is 29.6 Å². The van der Waals surface area contributed by atoms with Gasteiger partial charge in [-0.3, -0.25) is 0 Å². The summed E-state index contributed by atoms with van der Waals surface area (Å²) in [5.74, 6) is 0.0924. The normalized spacial score (nSPS) is 10.1. The zero-order chi connectivity index (χ0) is 9.68. The number of alkyl halides is 1. The molecule has 0 spiro atoms. The molecular weight excluding hydrogens is 195 g/mol. The first-order chi connectivity index (χ1) is 6.27. The smallest absolute Gasteiger partial charge is 0.188 e. The molecule has 4 heteroatoms. The van der Waals surface area contributed by atoms with Gasteiger partial charge in [0.1, 0.15) is 0 Å². The Morgan fingerprint density at radius 1 is 1.46 bits per heavy atom.